The lowest BCUT2D eigenvalue weighted by atomic mass is 10.0. The van der Waals surface area contributed by atoms with Crippen LogP contribution < -0.4 is 0 Å². The summed E-state index contributed by atoms with van der Waals surface area (Å²) in [5, 5.41) is 9.86. The number of nitrogens with zero attached hydrogens (tertiary/aromatic N) is 1. The quantitative estimate of drug-likeness (QED) is 0.793. The van der Waals surface area contributed by atoms with E-state index in [2.05, 4.69) is 4.37 Å². The van der Waals surface area contributed by atoms with Crippen molar-refractivity contribution in [3.8, 4) is 0 Å². The number of aromatic nitrogens is 1. The Kier molecular flexibility index (Phi) is 1.94. The van der Waals surface area contributed by atoms with E-state index in [1.165, 1.54) is 11.5 Å². The van der Waals surface area contributed by atoms with E-state index in [1.54, 1.807) is 6.20 Å². The maximum atomic E-state index is 9.86. The van der Waals surface area contributed by atoms with Gasteiger partial charge in [0.25, 0.3) is 0 Å². The molecule has 0 aliphatic heterocycles. The van der Waals surface area contributed by atoms with Crippen LogP contribution in [0.15, 0.2) is 42.6 Å². The lowest BCUT2D eigenvalue weighted by Gasteiger charge is -2.03. The largest absolute Gasteiger partial charge is 0.384 e. The van der Waals surface area contributed by atoms with Gasteiger partial charge in [0.05, 0.1) is 11.0 Å². The minimum atomic E-state index is -0.474. The van der Waals surface area contributed by atoms with Crippen LogP contribution in [0.5, 0.6) is 0 Å². The maximum absolute atomic E-state index is 9.86. The molecule has 1 unspecified atom stereocenters. The molecule has 0 fully saturated rings. The van der Waals surface area contributed by atoms with Crippen LogP contribution in [-0.4, -0.2) is 9.48 Å². The average molecular weight is 215 g/mol. The van der Waals surface area contributed by atoms with E-state index >= 15 is 0 Å². The number of benzene rings is 1. The number of fused-ring (bicyclic) bond motifs is 1. The van der Waals surface area contributed by atoms with E-state index in [1.807, 2.05) is 36.4 Å². The van der Waals surface area contributed by atoms with Crippen molar-refractivity contribution in [2.24, 2.45) is 0 Å². The molecule has 0 radical (unpaired) electrons. The second-order valence-electron chi connectivity index (χ2n) is 3.49. The molecule has 0 saturated carbocycles. The molecule has 1 aliphatic carbocycles. The van der Waals surface area contributed by atoms with Gasteiger partial charge in [0.2, 0.25) is 0 Å². The number of hydrogen-bond acceptors (Lipinski definition) is 3. The zero-order chi connectivity index (χ0) is 10.3. The van der Waals surface area contributed by atoms with E-state index in [0.29, 0.717) is 0 Å². The molecule has 1 heterocycles. The Labute approximate surface area is 91.7 Å². The van der Waals surface area contributed by atoms with Crippen LogP contribution in [-0.2, 0) is 0 Å². The Hall–Kier alpha value is -1.45. The van der Waals surface area contributed by atoms with Crippen molar-refractivity contribution in [3.05, 3.63) is 58.6 Å². The highest BCUT2D eigenvalue weighted by Gasteiger charge is 2.22. The summed E-state index contributed by atoms with van der Waals surface area (Å²) in [7, 11) is 0. The molecule has 74 valence electrons. The minimum absolute atomic E-state index is 0.474. The zero-order valence-electron chi connectivity index (χ0n) is 7.92. The third-order valence-electron chi connectivity index (χ3n) is 2.60. The fourth-order valence-corrected chi connectivity index (χ4v) is 2.54. The van der Waals surface area contributed by atoms with Gasteiger partial charge in [0.15, 0.2) is 0 Å². The van der Waals surface area contributed by atoms with Crippen LogP contribution in [0.3, 0.4) is 0 Å². The average Bonchev–Trinajstić information content (AvgIpc) is 2.87. The smallest absolute Gasteiger partial charge is 0.0987 e. The van der Waals surface area contributed by atoms with E-state index in [4.69, 9.17) is 0 Å². The van der Waals surface area contributed by atoms with E-state index in [9.17, 15) is 5.11 Å². The van der Waals surface area contributed by atoms with Crippen LogP contribution in [0.1, 0.15) is 22.1 Å². The highest BCUT2D eigenvalue weighted by atomic mass is 32.1. The van der Waals surface area contributed by atoms with Gasteiger partial charge in [-0.3, -0.25) is 0 Å². The van der Waals surface area contributed by atoms with Gasteiger partial charge in [-0.2, -0.15) is 0 Å². The summed E-state index contributed by atoms with van der Waals surface area (Å²) in [4.78, 5) is 1.11. The monoisotopic (exact) mass is 215 g/mol. The second-order valence-corrected chi connectivity index (χ2v) is 4.32. The van der Waals surface area contributed by atoms with Gasteiger partial charge in [0.1, 0.15) is 0 Å². The second kappa shape index (κ2) is 3.29. The Balaban J connectivity index is 2.17. The van der Waals surface area contributed by atoms with Gasteiger partial charge in [0, 0.05) is 6.20 Å². The summed E-state index contributed by atoms with van der Waals surface area (Å²) in [6.45, 7) is 0. The summed E-state index contributed by atoms with van der Waals surface area (Å²) in [6, 6.07) is 9.92. The van der Waals surface area contributed by atoms with E-state index in [-0.39, 0.29) is 0 Å². The number of hydrogen-bond donors (Lipinski definition) is 1. The van der Waals surface area contributed by atoms with Crippen molar-refractivity contribution < 1.29 is 5.11 Å². The van der Waals surface area contributed by atoms with Crippen LogP contribution in [0.2, 0.25) is 0 Å². The van der Waals surface area contributed by atoms with Crippen molar-refractivity contribution >= 4 is 17.1 Å². The first-order chi connectivity index (χ1) is 7.36. The lowest BCUT2D eigenvalue weighted by molar-refractivity contribution is 0.232. The topological polar surface area (TPSA) is 33.1 Å². The first-order valence-corrected chi connectivity index (χ1v) is 5.54. The van der Waals surface area contributed by atoms with Crippen molar-refractivity contribution in [2.75, 3.05) is 0 Å². The summed E-state index contributed by atoms with van der Waals surface area (Å²) in [6.07, 6.45) is 3.20. The maximum Gasteiger partial charge on any atom is 0.0987 e. The highest BCUT2D eigenvalue weighted by molar-refractivity contribution is 7.07. The van der Waals surface area contributed by atoms with Crippen molar-refractivity contribution in [1.82, 2.24) is 4.37 Å². The molecule has 15 heavy (non-hydrogen) atoms. The molecule has 1 aromatic carbocycles. The van der Waals surface area contributed by atoms with Crippen LogP contribution in [0, 0.1) is 0 Å². The standard InChI is InChI=1S/C12H9NOS/c14-11-7-10(12-5-6-13-15-12)8-3-1-2-4-9(8)11/h1-7,11,14H. The van der Waals surface area contributed by atoms with Gasteiger partial charge < -0.3 is 5.11 Å². The van der Waals surface area contributed by atoms with E-state index < -0.39 is 6.10 Å². The van der Waals surface area contributed by atoms with Gasteiger partial charge in [-0.25, -0.2) is 4.37 Å². The third kappa shape index (κ3) is 1.32. The van der Waals surface area contributed by atoms with Gasteiger partial charge in [-0.1, -0.05) is 24.3 Å². The third-order valence-corrected chi connectivity index (χ3v) is 3.38. The predicted octanol–water partition coefficient (Wildman–Crippen LogP) is 2.62. The van der Waals surface area contributed by atoms with E-state index in [0.717, 1.165) is 21.6 Å². The zero-order valence-corrected chi connectivity index (χ0v) is 8.74. The Morgan fingerprint density at radius 1 is 1.20 bits per heavy atom. The highest BCUT2D eigenvalue weighted by Crippen LogP contribution is 2.38. The van der Waals surface area contributed by atoms with Gasteiger partial charge >= 0.3 is 0 Å². The fourth-order valence-electron chi connectivity index (χ4n) is 1.91. The van der Waals surface area contributed by atoms with Crippen molar-refractivity contribution in [1.29, 1.82) is 0 Å². The van der Waals surface area contributed by atoms with Gasteiger partial charge in [-0.15, -0.1) is 0 Å². The first-order valence-electron chi connectivity index (χ1n) is 4.76. The molecular weight excluding hydrogens is 206 g/mol. The summed E-state index contributed by atoms with van der Waals surface area (Å²) in [5.41, 5.74) is 3.20. The Morgan fingerprint density at radius 2 is 2.07 bits per heavy atom. The predicted molar refractivity (Wildman–Crippen MR) is 60.6 cm³/mol. The SMILES string of the molecule is OC1C=C(c2ccns2)c2ccccc21. The molecule has 1 atom stereocenters. The minimum Gasteiger partial charge on any atom is -0.384 e. The molecule has 1 aliphatic rings. The van der Waals surface area contributed by atoms with Gasteiger partial charge in [-0.05, 0) is 40.4 Å². The molecule has 1 aromatic heterocycles. The summed E-state index contributed by atoms with van der Waals surface area (Å²) < 4.78 is 4.08. The van der Waals surface area contributed by atoms with Crippen molar-refractivity contribution in [2.45, 2.75) is 6.10 Å². The molecular formula is C12H9NOS. The molecule has 2 nitrogen and oxygen atoms in total. The molecule has 0 saturated heterocycles. The molecule has 3 rings (SSSR count). The van der Waals surface area contributed by atoms with Crippen LogP contribution in [0.4, 0.5) is 0 Å². The molecule has 0 spiro atoms. The van der Waals surface area contributed by atoms with Crippen LogP contribution >= 0.6 is 11.5 Å². The fraction of sp³-hybridized carbons (Fsp3) is 0.0833. The summed E-state index contributed by atoms with van der Waals surface area (Å²) >= 11 is 1.46. The van der Waals surface area contributed by atoms with Crippen LogP contribution in [0.25, 0.3) is 5.57 Å². The molecule has 0 amide bonds. The summed E-state index contributed by atoms with van der Waals surface area (Å²) in [5.74, 6) is 0. The number of aliphatic hydroxyl groups excluding tert-OH is 1. The lowest BCUT2D eigenvalue weighted by Crippen LogP contribution is -1.89. The number of rotatable bonds is 1. The normalized spacial score (nSPS) is 18.7. The molecule has 0 bridgehead atoms. The van der Waals surface area contributed by atoms with Crippen molar-refractivity contribution in [3.63, 3.8) is 0 Å². The first kappa shape index (κ1) is 8.83. The molecule has 2 aromatic rings. The number of aliphatic hydroxyl groups is 1. The molecule has 1 N–H and O–H groups in total. The Bertz CT molecular complexity index is 516. The molecule has 3 heteroatoms. The Morgan fingerprint density at radius 3 is 2.87 bits per heavy atom.